The van der Waals surface area contributed by atoms with Crippen LogP contribution in [0.25, 0.3) is 23.7 Å². The first-order valence-corrected chi connectivity index (χ1v) is 12.6. The lowest BCUT2D eigenvalue weighted by atomic mass is 10.1. The molecule has 0 atom stereocenters. The first-order valence-electron chi connectivity index (χ1n) is 12.6. The lowest BCUT2D eigenvalue weighted by Gasteiger charge is -2.16. The third kappa shape index (κ3) is 7.23. The van der Waals surface area contributed by atoms with E-state index in [0.717, 1.165) is 22.3 Å². The van der Waals surface area contributed by atoms with Crippen LogP contribution < -0.4 is 18.9 Å². The number of ether oxygens (including phenoxy) is 5. The van der Waals surface area contributed by atoms with Gasteiger partial charge in [0.2, 0.25) is 0 Å². The monoisotopic (exact) mass is 522 g/mol. The molecule has 0 aliphatic heterocycles. The molecule has 0 saturated heterocycles. The first-order chi connectivity index (χ1) is 18.9. The van der Waals surface area contributed by atoms with E-state index in [1.54, 1.807) is 28.4 Å². The third-order valence-corrected chi connectivity index (χ3v) is 6.24. The van der Waals surface area contributed by atoms with Crippen LogP contribution in [0.1, 0.15) is 33.4 Å². The summed E-state index contributed by atoms with van der Waals surface area (Å²) in [5.74, 6) is 4.13. The zero-order chi connectivity index (χ0) is 27.8. The van der Waals surface area contributed by atoms with Crippen molar-refractivity contribution in [2.45, 2.75) is 13.8 Å². The Hall–Kier alpha value is -4.64. The smallest absolute Gasteiger partial charge is 0.135 e. The van der Waals surface area contributed by atoms with E-state index < -0.39 is 0 Å². The van der Waals surface area contributed by atoms with Crippen molar-refractivity contribution >= 4 is 23.7 Å². The lowest BCUT2D eigenvalue weighted by Crippen LogP contribution is -1.96. The van der Waals surface area contributed by atoms with E-state index in [1.807, 2.05) is 48.6 Å². The summed E-state index contributed by atoms with van der Waals surface area (Å²) >= 11 is 0. The molecule has 4 aromatic rings. The summed E-state index contributed by atoms with van der Waals surface area (Å²) in [6.07, 6.45) is 3.98. The van der Waals surface area contributed by atoms with Gasteiger partial charge in [-0.2, -0.15) is 0 Å². The zero-order valence-electron chi connectivity index (χ0n) is 23.3. The van der Waals surface area contributed by atoms with Crippen molar-refractivity contribution in [3.05, 3.63) is 118 Å². The Morgan fingerprint density at radius 2 is 0.769 bits per heavy atom. The van der Waals surface area contributed by atoms with Crippen molar-refractivity contribution in [3.63, 3.8) is 0 Å². The predicted octanol–water partition coefficient (Wildman–Crippen LogP) is 8.05. The zero-order valence-corrected chi connectivity index (χ0v) is 23.3. The van der Waals surface area contributed by atoms with Gasteiger partial charge in [-0.05, 0) is 61.4 Å². The Balaban J connectivity index is 1.88. The van der Waals surface area contributed by atoms with Gasteiger partial charge in [0.05, 0.1) is 28.4 Å². The molecule has 200 valence electrons. The molecule has 0 fully saturated rings. The molecule has 0 saturated carbocycles. The van der Waals surface area contributed by atoms with E-state index in [1.165, 1.54) is 11.1 Å². The summed E-state index contributed by atoms with van der Waals surface area (Å²) in [7, 11) is 6.56. The van der Waals surface area contributed by atoms with Crippen molar-refractivity contribution in [3.8, 4) is 23.0 Å². The summed E-state index contributed by atoms with van der Waals surface area (Å²) in [5, 5.41) is 0. The summed E-state index contributed by atoms with van der Waals surface area (Å²) in [5.41, 5.74) is 5.96. The van der Waals surface area contributed by atoms with E-state index in [4.69, 9.17) is 23.7 Å². The molecule has 0 aromatic heterocycles. The standard InChI is InChI=1S/C34H34O5/c1-23-7-11-27(12-8-23)33(19-25-15-29(35-3)21-30(16-25)36-4)39-34(28-13-9-24(2)10-14-28)20-26-17-31(37-5)22-32(18-26)38-6/h7-22H,1-6H3/b33-19+,34-20+. The molecule has 0 N–H and O–H groups in total. The maximum atomic E-state index is 6.76. The second-order valence-electron chi connectivity index (χ2n) is 9.14. The van der Waals surface area contributed by atoms with E-state index >= 15 is 0 Å². The second-order valence-corrected chi connectivity index (χ2v) is 9.14. The van der Waals surface area contributed by atoms with E-state index in [-0.39, 0.29) is 0 Å². The number of methoxy groups -OCH3 is 4. The van der Waals surface area contributed by atoms with Gasteiger partial charge in [-0.1, -0.05) is 59.7 Å². The molecule has 0 spiro atoms. The van der Waals surface area contributed by atoms with Crippen molar-refractivity contribution in [2.75, 3.05) is 28.4 Å². The highest BCUT2D eigenvalue weighted by Gasteiger charge is 2.13. The summed E-state index contributed by atoms with van der Waals surface area (Å²) in [6, 6.07) is 28.0. The van der Waals surface area contributed by atoms with Crippen LogP contribution >= 0.6 is 0 Å². The number of rotatable bonds is 10. The number of hydrogen-bond donors (Lipinski definition) is 0. The van der Waals surface area contributed by atoms with Gasteiger partial charge in [0, 0.05) is 23.3 Å². The molecule has 0 radical (unpaired) electrons. The van der Waals surface area contributed by atoms with Crippen molar-refractivity contribution in [2.24, 2.45) is 0 Å². The average molecular weight is 523 g/mol. The van der Waals surface area contributed by atoms with Crippen LogP contribution in [0, 0.1) is 13.8 Å². The first kappa shape index (κ1) is 27.4. The summed E-state index contributed by atoms with van der Waals surface area (Å²) < 4.78 is 28.8. The van der Waals surface area contributed by atoms with Crippen molar-refractivity contribution in [1.82, 2.24) is 0 Å². The van der Waals surface area contributed by atoms with Crippen LogP contribution in [-0.4, -0.2) is 28.4 Å². The predicted molar refractivity (Wildman–Crippen MR) is 158 cm³/mol. The molecule has 4 rings (SSSR count). The van der Waals surface area contributed by atoms with Gasteiger partial charge in [-0.25, -0.2) is 0 Å². The average Bonchev–Trinajstić information content (AvgIpc) is 2.96. The largest absolute Gasteiger partial charge is 0.497 e. The van der Waals surface area contributed by atoms with Gasteiger partial charge >= 0.3 is 0 Å². The van der Waals surface area contributed by atoms with E-state index in [2.05, 4.69) is 62.4 Å². The Labute approximate surface area is 230 Å². The fourth-order valence-corrected chi connectivity index (χ4v) is 4.03. The molecular weight excluding hydrogens is 488 g/mol. The molecule has 0 bridgehead atoms. The minimum absolute atomic E-state index is 0.673. The molecule has 5 nitrogen and oxygen atoms in total. The van der Waals surface area contributed by atoms with Gasteiger partial charge in [-0.3, -0.25) is 0 Å². The van der Waals surface area contributed by atoms with Gasteiger partial charge in [0.15, 0.2) is 0 Å². The van der Waals surface area contributed by atoms with E-state index in [9.17, 15) is 0 Å². The van der Waals surface area contributed by atoms with Crippen LogP contribution in [-0.2, 0) is 4.74 Å². The Bertz CT molecular complexity index is 1310. The third-order valence-electron chi connectivity index (χ3n) is 6.24. The molecule has 0 unspecified atom stereocenters. The molecule has 0 amide bonds. The SMILES string of the molecule is COc1cc(/C=C(/O/C(=C/c2cc(OC)cc(OC)c2)c2ccc(C)cc2)c2ccc(C)cc2)cc(OC)c1. The van der Waals surface area contributed by atoms with Gasteiger partial charge < -0.3 is 23.7 Å². The minimum atomic E-state index is 0.673. The van der Waals surface area contributed by atoms with Crippen LogP contribution in [0.4, 0.5) is 0 Å². The Kier molecular flexibility index (Phi) is 8.95. The maximum absolute atomic E-state index is 6.76. The van der Waals surface area contributed by atoms with Gasteiger partial charge in [0.25, 0.3) is 0 Å². The van der Waals surface area contributed by atoms with Crippen LogP contribution in [0.5, 0.6) is 23.0 Å². The fraction of sp³-hybridized carbons (Fsp3) is 0.176. The highest BCUT2D eigenvalue weighted by molar-refractivity contribution is 5.86. The van der Waals surface area contributed by atoms with Crippen LogP contribution in [0.2, 0.25) is 0 Å². The van der Waals surface area contributed by atoms with Crippen LogP contribution in [0.3, 0.4) is 0 Å². The molecular formula is C34H34O5. The molecule has 4 aromatic carbocycles. The molecule has 5 heteroatoms. The maximum Gasteiger partial charge on any atom is 0.135 e. The quantitative estimate of drug-likeness (QED) is 0.156. The normalized spacial score (nSPS) is 11.6. The lowest BCUT2D eigenvalue weighted by molar-refractivity contribution is 0.394. The summed E-state index contributed by atoms with van der Waals surface area (Å²) in [4.78, 5) is 0. The molecule has 39 heavy (non-hydrogen) atoms. The number of aryl methyl sites for hydroxylation is 2. The Morgan fingerprint density at radius 3 is 1.05 bits per heavy atom. The van der Waals surface area contributed by atoms with Gasteiger partial charge in [-0.15, -0.1) is 0 Å². The van der Waals surface area contributed by atoms with Crippen LogP contribution in [0.15, 0.2) is 84.9 Å². The summed E-state index contributed by atoms with van der Waals surface area (Å²) in [6.45, 7) is 4.13. The molecule has 0 heterocycles. The molecule has 0 aliphatic rings. The second kappa shape index (κ2) is 12.7. The van der Waals surface area contributed by atoms with Crippen molar-refractivity contribution in [1.29, 1.82) is 0 Å². The number of hydrogen-bond acceptors (Lipinski definition) is 5. The highest BCUT2D eigenvalue weighted by atomic mass is 16.5. The minimum Gasteiger partial charge on any atom is -0.497 e. The molecule has 0 aliphatic carbocycles. The van der Waals surface area contributed by atoms with Gasteiger partial charge in [0.1, 0.15) is 34.5 Å². The highest BCUT2D eigenvalue weighted by Crippen LogP contribution is 2.33. The fourth-order valence-electron chi connectivity index (χ4n) is 4.03. The van der Waals surface area contributed by atoms with Crippen molar-refractivity contribution < 1.29 is 23.7 Å². The van der Waals surface area contributed by atoms with E-state index in [0.29, 0.717) is 34.5 Å². The number of benzene rings is 4. The Morgan fingerprint density at radius 1 is 0.462 bits per heavy atom. The topological polar surface area (TPSA) is 46.2 Å².